The van der Waals surface area contributed by atoms with Gasteiger partial charge in [0.15, 0.2) is 5.82 Å². The first-order valence-corrected chi connectivity index (χ1v) is 9.45. The number of sulfonamides is 1. The van der Waals surface area contributed by atoms with Crippen molar-refractivity contribution in [3.63, 3.8) is 0 Å². The van der Waals surface area contributed by atoms with Gasteiger partial charge >= 0.3 is 0 Å². The maximum Gasteiger partial charge on any atom is 0.272 e. The number of nitrogens with one attached hydrogen (secondary N) is 2. The lowest BCUT2D eigenvalue weighted by Crippen LogP contribution is -2.44. The SMILES string of the molecule is Cn1cc(S(=O)(=O)NC(C)(C)CF)cc1C(=O)Nc1ccc(F)c(Cl)c1F. The van der Waals surface area contributed by atoms with Crippen molar-refractivity contribution in [1.82, 2.24) is 9.29 Å². The third-order valence-electron chi connectivity index (χ3n) is 3.55. The molecule has 0 saturated heterocycles. The number of rotatable bonds is 6. The van der Waals surface area contributed by atoms with Crippen molar-refractivity contribution in [1.29, 1.82) is 0 Å². The van der Waals surface area contributed by atoms with Crippen molar-refractivity contribution in [3.05, 3.63) is 46.7 Å². The Morgan fingerprint density at radius 3 is 2.52 bits per heavy atom. The summed E-state index contributed by atoms with van der Waals surface area (Å²) in [4.78, 5) is 12.1. The minimum Gasteiger partial charge on any atom is -0.345 e. The van der Waals surface area contributed by atoms with E-state index < -0.39 is 44.8 Å². The van der Waals surface area contributed by atoms with Crippen LogP contribution in [0.5, 0.6) is 0 Å². The lowest BCUT2D eigenvalue weighted by Gasteiger charge is -2.21. The number of hydrogen-bond donors (Lipinski definition) is 2. The van der Waals surface area contributed by atoms with E-state index in [0.717, 1.165) is 24.4 Å². The molecule has 1 aromatic heterocycles. The molecule has 0 atom stereocenters. The summed E-state index contributed by atoms with van der Waals surface area (Å²) >= 11 is 5.46. The van der Waals surface area contributed by atoms with Gasteiger partial charge in [0.05, 0.1) is 11.2 Å². The molecule has 0 aliphatic carbocycles. The maximum absolute atomic E-state index is 13.9. The highest BCUT2D eigenvalue weighted by molar-refractivity contribution is 7.89. The van der Waals surface area contributed by atoms with E-state index in [9.17, 15) is 26.4 Å². The number of halogens is 4. The summed E-state index contributed by atoms with van der Waals surface area (Å²) in [6.07, 6.45) is 1.15. The molecule has 27 heavy (non-hydrogen) atoms. The number of alkyl halides is 1. The second kappa shape index (κ2) is 7.53. The molecule has 0 radical (unpaired) electrons. The third kappa shape index (κ3) is 4.63. The van der Waals surface area contributed by atoms with E-state index in [0.29, 0.717) is 0 Å². The number of aryl methyl sites for hydroxylation is 1. The Morgan fingerprint density at radius 1 is 1.30 bits per heavy atom. The van der Waals surface area contributed by atoms with Crippen molar-refractivity contribution in [2.75, 3.05) is 12.0 Å². The molecule has 148 valence electrons. The van der Waals surface area contributed by atoms with Crippen LogP contribution in [-0.4, -0.2) is 31.1 Å². The van der Waals surface area contributed by atoms with Gasteiger partial charge in [-0.25, -0.2) is 26.3 Å². The minimum absolute atomic E-state index is 0.117. The number of nitrogens with zero attached hydrogens (tertiary/aromatic N) is 1. The van der Waals surface area contributed by atoms with Crippen LogP contribution in [0.25, 0.3) is 0 Å². The van der Waals surface area contributed by atoms with Crippen LogP contribution in [0, 0.1) is 11.6 Å². The molecule has 1 aromatic carbocycles. The molecule has 0 aliphatic rings. The Labute approximate surface area is 159 Å². The van der Waals surface area contributed by atoms with E-state index in [2.05, 4.69) is 10.0 Å². The van der Waals surface area contributed by atoms with Gasteiger partial charge < -0.3 is 9.88 Å². The fourth-order valence-electron chi connectivity index (χ4n) is 2.17. The van der Waals surface area contributed by atoms with Crippen molar-refractivity contribution >= 4 is 33.2 Å². The molecule has 0 unspecified atom stereocenters. The number of carbonyl (C=O) groups excluding carboxylic acids is 1. The van der Waals surface area contributed by atoms with Gasteiger partial charge in [-0.1, -0.05) is 11.6 Å². The number of hydrogen-bond acceptors (Lipinski definition) is 3. The molecule has 2 N–H and O–H groups in total. The Morgan fingerprint density at radius 2 is 1.93 bits per heavy atom. The molecule has 0 aliphatic heterocycles. The van der Waals surface area contributed by atoms with Crippen LogP contribution in [0.15, 0.2) is 29.3 Å². The third-order valence-corrected chi connectivity index (χ3v) is 5.56. The molecular weight excluding hydrogens is 407 g/mol. The minimum atomic E-state index is -4.09. The highest BCUT2D eigenvalue weighted by Crippen LogP contribution is 2.26. The molecule has 0 bridgehead atoms. The summed E-state index contributed by atoms with van der Waals surface area (Å²) in [7, 11) is -2.69. The van der Waals surface area contributed by atoms with E-state index >= 15 is 0 Å². The topological polar surface area (TPSA) is 80.2 Å². The predicted octanol–water partition coefficient (Wildman–Crippen LogP) is 3.24. The van der Waals surface area contributed by atoms with Crippen LogP contribution in [0.1, 0.15) is 24.3 Å². The van der Waals surface area contributed by atoms with Crippen molar-refractivity contribution in [2.45, 2.75) is 24.3 Å². The van der Waals surface area contributed by atoms with Crippen LogP contribution in [-0.2, 0) is 17.1 Å². The molecule has 6 nitrogen and oxygen atoms in total. The Kier molecular flexibility index (Phi) is 5.93. The number of carbonyl (C=O) groups is 1. The molecule has 2 aromatic rings. The van der Waals surface area contributed by atoms with Gasteiger partial charge in [-0.2, -0.15) is 0 Å². The predicted molar refractivity (Wildman–Crippen MR) is 95.1 cm³/mol. The number of aromatic nitrogens is 1. The first-order chi connectivity index (χ1) is 12.4. The van der Waals surface area contributed by atoms with Gasteiger partial charge in [0.25, 0.3) is 5.91 Å². The highest BCUT2D eigenvalue weighted by Gasteiger charge is 2.28. The van der Waals surface area contributed by atoms with Crippen molar-refractivity contribution in [2.24, 2.45) is 7.05 Å². The summed E-state index contributed by atoms with van der Waals surface area (Å²) in [5.74, 6) is -2.98. The van der Waals surface area contributed by atoms with Crippen LogP contribution in [0.4, 0.5) is 18.9 Å². The fourth-order valence-corrected chi connectivity index (χ4v) is 3.79. The van der Waals surface area contributed by atoms with E-state index in [4.69, 9.17) is 11.6 Å². The van der Waals surface area contributed by atoms with E-state index in [1.807, 2.05) is 0 Å². The van der Waals surface area contributed by atoms with Crippen molar-refractivity contribution < 1.29 is 26.4 Å². The first kappa shape index (κ1) is 21.3. The summed E-state index contributed by atoms with van der Waals surface area (Å²) in [6.45, 7) is 1.79. The average Bonchev–Trinajstić information content (AvgIpc) is 2.97. The summed E-state index contributed by atoms with van der Waals surface area (Å²) in [5.41, 5.74) is -1.81. The van der Waals surface area contributed by atoms with Gasteiger partial charge in [-0.15, -0.1) is 0 Å². The first-order valence-electron chi connectivity index (χ1n) is 7.59. The van der Waals surface area contributed by atoms with Crippen molar-refractivity contribution in [3.8, 4) is 0 Å². The van der Waals surface area contributed by atoms with Crippen LogP contribution < -0.4 is 10.0 Å². The molecule has 1 heterocycles. The summed E-state index contributed by atoms with van der Waals surface area (Å²) < 4.78 is 68.1. The second-order valence-electron chi connectivity index (χ2n) is 6.47. The zero-order chi connectivity index (χ0) is 20.6. The molecule has 2 rings (SSSR count). The van der Waals surface area contributed by atoms with Gasteiger partial charge in [-0.3, -0.25) is 4.79 Å². The zero-order valence-corrected chi connectivity index (χ0v) is 16.2. The van der Waals surface area contributed by atoms with Gasteiger partial charge in [0, 0.05) is 13.2 Å². The average molecular weight is 424 g/mol. The smallest absolute Gasteiger partial charge is 0.272 e. The van der Waals surface area contributed by atoms with E-state index in [-0.39, 0.29) is 16.3 Å². The second-order valence-corrected chi connectivity index (χ2v) is 8.53. The lowest BCUT2D eigenvalue weighted by molar-refractivity contribution is 0.101. The normalized spacial score (nSPS) is 12.3. The maximum atomic E-state index is 13.9. The van der Waals surface area contributed by atoms with Crippen LogP contribution in [0.3, 0.4) is 0 Å². The van der Waals surface area contributed by atoms with E-state index in [1.165, 1.54) is 25.5 Å². The Balaban J connectivity index is 2.31. The number of benzene rings is 1. The zero-order valence-electron chi connectivity index (χ0n) is 14.6. The summed E-state index contributed by atoms with van der Waals surface area (Å²) in [5, 5.41) is 1.42. The number of amides is 1. The monoisotopic (exact) mass is 423 g/mol. The standard InChI is InChI=1S/C16H17ClF3N3O3S/c1-16(2,8-18)22-27(25,26)9-6-12(23(3)7-9)15(24)21-11-5-4-10(19)13(17)14(11)20/h4-7,22H,8H2,1-3H3,(H,21,24). The number of anilines is 1. The molecule has 0 spiro atoms. The lowest BCUT2D eigenvalue weighted by atomic mass is 10.1. The molecular formula is C16H17ClF3N3O3S. The molecule has 11 heteroatoms. The van der Waals surface area contributed by atoms with Gasteiger partial charge in [0.1, 0.15) is 28.1 Å². The highest BCUT2D eigenvalue weighted by atomic mass is 35.5. The van der Waals surface area contributed by atoms with Crippen LogP contribution >= 0.6 is 11.6 Å². The van der Waals surface area contributed by atoms with Gasteiger partial charge in [0.2, 0.25) is 10.0 Å². The molecule has 0 fully saturated rings. The van der Waals surface area contributed by atoms with Gasteiger partial charge in [-0.05, 0) is 32.0 Å². The fraction of sp³-hybridized carbons (Fsp3) is 0.312. The Hall–Kier alpha value is -2.04. The molecule has 1 amide bonds. The Bertz CT molecular complexity index is 990. The van der Waals surface area contributed by atoms with E-state index in [1.54, 1.807) is 0 Å². The largest absolute Gasteiger partial charge is 0.345 e. The summed E-state index contributed by atoms with van der Waals surface area (Å²) in [6, 6.07) is 2.92. The quantitative estimate of drug-likeness (QED) is 0.700. The van der Waals surface area contributed by atoms with Crippen LogP contribution in [0.2, 0.25) is 5.02 Å². The molecule has 0 saturated carbocycles.